The van der Waals surface area contributed by atoms with Crippen molar-refractivity contribution < 1.29 is 4.79 Å². The van der Waals surface area contributed by atoms with E-state index in [9.17, 15) is 4.79 Å². The van der Waals surface area contributed by atoms with E-state index in [0.717, 1.165) is 36.2 Å². The smallest absolute Gasteiger partial charge is 0.152 e. The van der Waals surface area contributed by atoms with E-state index in [0.29, 0.717) is 5.41 Å². The molecule has 0 unspecified atom stereocenters. The second-order valence-electron chi connectivity index (χ2n) is 6.41. The highest BCUT2D eigenvalue weighted by Gasteiger charge is 2.39. The molecule has 1 spiro atoms. The number of nitrogens with zero attached hydrogens (tertiary/aromatic N) is 1. The Bertz CT molecular complexity index is 474. The number of benzene rings is 1. The van der Waals surface area contributed by atoms with Crippen molar-refractivity contribution in [1.29, 1.82) is 0 Å². The number of hydrogen-bond donors (Lipinski definition) is 0. The molecule has 1 heterocycles. The van der Waals surface area contributed by atoms with Crippen LogP contribution in [0.1, 0.15) is 54.4 Å². The topological polar surface area (TPSA) is 20.3 Å². The van der Waals surface area contributed by atoms with Crippen LogP contribution < -0.4 is 4.90 Å². The van der Waals surface area contributed by atoms with Crippen LogP contribution in [-0.4, -0.2) is 19.4 Å². The summed E-state index contributed by atoms with van der Waals surface area (Å²) in [6, 6.07) is 6.25. The van der Waals surface area contributed by atoms with Crippen LogP contribution in [-0.2, 0) is 0 Å². The van der Waals surface area contributed by atoms with Crippen molar-refractivity contribution in [3.05, 3.63) is 29.3 Å². The summed E-state index contributed by atoms with van der Waals surface area (Å²) in [7, 11) is 0. The van der Waals surface area contributed by atoms with Crippen LogP contribution in [0.4, 0.5) is 5.69 Å². The van der Waals surface area contributed by atoms with E-state index in [-0.39, 0.29) is 0 Å². The molecule has 2 heteroatoms. The Hall–Kier alpha value is -1.31. The molecule has 1 aliphatic carbocycles. The molecule has 2 nitrogen and oxygen atoms in total. The van der Waals surface area contributed by atoms with Gasteiger partial charge in [-0.3, -0.25) is 4.79 Å². The number of hydrogen-bond acceptors (Lipinski definition) is 2. The van der Waals surface area contributed by atoms with Crippen LogP contribution >= 0.6 is 0 Å². The van der Waals surface area contributed by atoms with E-state index < -0.39 is 0 Å². The second kappa shape index (κ2) is 4.99. The monoisotopic (exact) mass is 257 g/mol. The molecule has 0 atom stereocenters. The molecule has 0 amide bonds. The molecule has 1 aliphatic heterocycles. The minimum Gasteiger partial charge on any atom is -0.370 e. The third-order valence-electron chi connectivity index (χ3n) is 5.00. The maximum Gasteiger partial charge on any atom is 0.152 e. The average molecular weight is 257 g/mol. The summed E-state index contributed by atoms with van der Waals surface area (Å²) in [6.45, 7) is 4.31. The van der Waals surface area contributed by atoms with Crippen molar-refractivity contribution in [1.82, 2.24) is 0 Å². The molecule has 1 saturated carbocycles. The largest absolute Gasteiger partial charge is 0.370 e. The molecule has 102 valence electrons. The molecule has 2 aliphatic rings. The first-order valence-corrected chi connectivity index (χ1v) is 7.53. The lowest BCUT2D eigenvalue weighted by molar-refractivity contribution is 0.112. The van der Waals surface area contributed by atoms with Gasteiger partial charge in [-0.1, -0.05) is 30.9 Å². The molecule has 0 radical (unpaired) electrons. The van der Waals surface area contributed by atoms with Crippen molar-refractivity contribution in [2.75, 3.05) is 18.0 Å². The normalized spacial score (nSPS) is 21.8. The first-order chi connectivity index (χ1) is 9.22. The van der Waals surface area contributed by atoms with Gasteiger partial charge in [-0.05, 0) is 43.7 Å². The zero-order chi connectivity index (χ0) is 13.3. The van der Waals surface area contributed by atoms with E-state index in [1.54, 1.807) is 0 Å². The van der Waals surface area contributed by atoms with Gasteiger partial charge in [0.15, 0.2) is 6.29 Å². The van der Waals surface area contributed by atoms with Crippen molar-refractivity contribution in [2.24, 2.45) is 5.41 Å². The van der Waals surface area contributed by atoms with Gasteiger partial charge in [-0.15, -0.1) is 0 Å². The van der Waals surface area contributed by atoms with Crippen molar-refractivity contribution in [2.45, 2.75) is 45.4 Å². The molecule has 3 rings (SSSR count). The molecule has 1 aromatic rings. The average Bonchev–Trinajstić information content (AvgIpc) is 2.83. The molecular weight excluding hydrogens is 234 g/mol. The SMILES string of the molecule is Cc1ccc(N2CCC3(CCCCC3)C2)c(C=O)c1. The molecule has 1 saturated heterocycles. The van der Waals surface area contributed by atoms with Gasteiger partial charge < -0.3 is 4.90 Å². The van der Waals surface area contributed by atoms with E-state index >= 15 is 0 Å². The van der Waals surface area contributed by atoms with Crippen LogP contribution in [0.2, 0.25) is 0 Å². The lowest BCUT2D eigenvalue weighted by Crippen LogP contribution is -2.29. The Kier molecular flexibility index (Phi) is 3.34. The Morgan fingerprint density at radius 2 is 1.95 bits per heavy atom. The first kappa shape index (κ1) is 12.7. The zero-order valence-electron chi connectivity index (χ0n) is 11.8. The quantitative estimate of drug-likeness (QED) is 0.747. The highest BCUT2D eigenvalue weighted by atomic mass is 16.1. The van der Waals surface area contributed by atoms with Crippen LogP contribution in [0.25, 0.3) is 0 Å². The number of aryl methyl sites for hydroxylation is 1. The Labute approximate surface area is 115 Å². The van der Waals surface area contributed by atoms with E-state index in [4.69, 9.17) is 0 Å². The van der Waals surface area contributed by atoms with Crippen LogP contribution in [0.15, 0.2) is 18.2 Å². The maximum absolute atomic E-state index is 11.3. The van der Waals surface area contributed by atoms with Crippen molar-refractivity contribution in [3.63, 3.8) is 0 Å². The van der Waals surface area contributed by atoms with E-state index in [2.05, 4.69) is 17.0 Å². The lowest BCUT2D eigenvalue weighted by Gasteiger charge is -2.33. The highest BCUT2D eigenvalue weighted by molar-refractivity contribution is 5.85. The molecule has 1 aromatic carbocycles. The molecule has 0 bridgehead atoms. The Balaban J connectivity index is 1.82. The summed E-state index contributed by atoms with van der Waals surface area (Å²) < 4.78 is 0. The fourth-order valence-electron chi connectivity index (χ4n) is 3.91. The minimum atomic E-state index is 0.545. The number of carbonyl (C=O) groups is 1. The summed E-state index contributed by atoms with van der Waals surface area (Å²) in [4.78, 5) is 13.7. The highest BCUT2D eigenvalue weighted by Crippen LogP contribution is 2.45. The molecular formula is C17H23NO. The van der Waals surface area contributed by atoms with Gasteiger partial charge in [0.1, 0.15) is 0 Å². The van der Waals surface area contributed by atoms with Gasteiger partial charge in [0.25, 0.3) is 0 Å². The summed E-state index contributed by atoms with van der Waals surface area (Å²) in [5.74, 6) is 0. The molecule has 0 N–H and O–H groups in total. The predicted octanol–water partition coefficient (Wildman–Crippen LogP) is 3.97. The van der Waals surface area contributed by atoms with Crippen molar-refractivity contribution >= 4 is 12.0 Å². The fourth-order valence-corrected chi connectivity index (χ4v) is 3.91. The molecule has 19 heavy (non-hydrogen) atoms. The summed E-state index contributed by atoms with van der Waals surface area (Å²) in [6.07, 6.45) is 9.27. The Morgan fingerprint density at radius 3 is 2.68 bits per heavy atom. The van der Waals surface area contributed by atoms with E-state index in [1.807, 2.05) is 13.0 Å². The van der Waals surface area contributed by atoms with Gasteiger partial charge in [0.05, 0.1) is 0 Å². The molecule has 2 fully saturated rings. The number of carbonyl (C=O) groups excluding carboxylic acids is 1. The first-order valence-electron chi connectivity index (χ1n) is 7.53. The number of anilines is 1. The summed E-state index contributed by atoms with van der Waals surface area (Å²) >= 11 is 0. The third kappa shape index (κ3) is 2.41. The maximum atomic E-state index is 11.3. The van der Waals surface area contributed by atoms with Crippen molar-refractivity contribution in [3.8, 4) is 0 Å². The third-order valence-corrected chi connectivity index (χ3v) is 5.00. The second-order valence-corrected chi connectivity index (χ2v) is 6.41. The summed E-state index contributed by atoms with van der Waals surface area (Å²) in [5, 5.41) is 0. The zero-order valence-corrected chi connectivity index (χ0v) is 11.8. The lowest BCUT2D eigenvalue weighted by atomic mass is 9.73. The summed E-state index contributed by atoms with van der Waals surface area (Å²) in [5.41, 5.74) is 3.71. The van der Waals surface area contributed by atoms with Crippen LogP contribution in [0.3, 0.4) is 0 Å². The van der Waals surface area contributed by atoms with Gasteiger partial charge in [-0.25, -0.2) is 0 Å². The van der Waals surface area contributed by atoms with Gasteiger partial charge in [-0.2, -0.15) is 0 Å². The number of aldehydes is 1. The number of rotatable bonds is 2. The van der Waals surface area contributed by atoms with Gasteiger partial charge in [0.2, 0.25) is 0 Å². The standard InChI is InChI=1S/C17H23NO/c1-14-5-6-16(15(11-14)12-19)18-10-9-17(13-18)7-3-2-4-8-17/h5-6,11-12H,2-4,7-10,13H2,1H3. The fraction of sp³-hybridized carbons (Fsp3) is 0.588. The minimum absolute atomic E-state index is 0.545. The van der Waals surface area contributed by atoms with Gasteiger partial charge >= 0.3 is 0 Å². The molecule has 0 aromatic heterocycles. The van der Waals surface area contributed by atoms with E-state index in [1.165, 1.54) is 38.5 Å². The van der Waals surface area contributed by atoms with Crippen LogP contribution in [0, 0.1) is 12.3 Å². The van der Waals surface area contributed by atoms with Gasteiger partial charge in [0, 0.05) is 24.3 Å². The Morgan fingerprint density at radius 1 is 1.16 bits per heavy atom. The van der Waals surface area contributed by atoms with Crippen LogP contribution in [0.5, 0.6) is 0 Å². The predicted molar refractivity (Wildman–Crippen MR) is 78.9 cm³/mol.